The van der Waals surface area contributed by atoms with E-state index in [4.69, 9.17) is 9.97 Å². The molecule has 2 radical (unpaired) electrons. The summed E-state index contributed by atoms with van der Waals surface area (Å²) in [4.78, 5) is 14.1. The van der Waals surface area contributed by atoms with Crippen molar-refractivity contribution in [3.63, 3.8) is 0 Å². The first-order valence-corrected chi connectivity index (χ1v) is 15.8. The molecule has 0 aromatic carbocycles. The maximum atomic E-state index is 4.73. The second-order valence-corrected chi connectivity index (χ2v) is 12.1. The maximum Gasteiger partial charge on any atom is 0.107 e. The van der Waals surface area contributed by atoms with Crippen molar-refractivity contribution in [3.05, 3.63) is 36.4 Å². The number of rotatable bonds is 20. The van der Waals surface area contributed by atoms with E-state index in [1.807, 2.05) is 18.6 Å². The third-order valence-electron chi connectivity index (χ3n) is 7.18. The smallest absolute Gasteiger partial charge is 0.107 e. The Morgan fingerprint density at radius 3 is 2.11 bits per heavy atom. The van der Waals surface area contributed by atoms with Gasteiger partial charge in [0.15, 0.2) is 0 Å². The van der Waals surface area contributed by atoms with E-state index in [2.05, 4.69) is 44.8 Å². The molecule has 2 atom stereocenters. The van der Waals surface area contributed by atoms with Crippen LogP contribution in [0.5, 0.6) is 0 Å². The molecule has 0 spiro atoms. The summed E-state index contributed by atoms with van der Waals surface area (Å²) < 4.78 is 0. The molecular formula is C31H51N3Si. The lowest BCUT2D eigenvalue weighted by Gasteiger charge is -2.14. The highest BCUT2D eigenvalue weighted by atomic mass is 28.2. The minimum absolute atomic E-state index is 0.793. The summed E-state index contributed by atoms with van der Waals surface area (Å²) in [6.45, 7) is 9.44. The molecule has 2 heterocycles. The van der Waals surface area contributed by atoms with Crippen molar-refractivity contribution in [2.24, 2.45) is 11.8 Å². The highest BCUT2D eigenvalue weighted by Crippen LogP contribution is 2.21. The summed E-state index contributed by atoms with van der Waals surface area (Å²) in [6, 6.07) is 5.54. The zero-order valence-electron chi connectivity index (χ0n) is 23.2. The number of pyridine rings is 1. The van der Waals surface area contributed by atoms with Crippen molar-refractivity contribution in [3.8, 4) is 11.4 Å². The maximum absolute atomic E-state index is 4.73. The number of unbranched alkanes of at least 4 members (excludes halogenated alkanes) is 6. The topological polar surface area (TPSA) is 38.7 Å². The summed E-state index contributed by atoms with van der Waals surface area (Å²) in [5.41, 5.74) is 3.05. The Hall–Kier alpha value is -1.55. The molecule has 0 aliphatic carbocycles. The highest BCUT2D eigenvalue weighted by Gasteiger charge is 2.10. The zero-order valence-corrected chi connectivity index (χ0v) is 24.2. The second kappa shape index (κ2) is 18.7. The molecule has 2 rings (SSSR count). The Balaban J connectivity index is 1.70. The Bertz CT molecular complexity index is 777. The summed E-state index contributed by atoms with van der Waals surface area (Å²) in [5.74, 6) is 1.75. The number of hydrogen-bond acceptors (Lipinski definition) is 3. The highest BCUT2D eigenvalue weighted by molar-refractivity contribution is 6.55. The minimum atomic E-state index is 0.793. The number of aromatic nitrogens is 3. The van der Waals surface area contributed by atoms with E-state index in [0.717, 1.165) is 44.9 Å². The van der Waals surface area contributed by atoms with Crippen molar-refractivity contribution in [2.45, 2.75) is 130 Å². The molecule has 3 nitrogen and oxygen atoms in total. The fourth-order valence-electron chi connectivity index (χ4n) is 4.79. The number of nitrogens with zero attached hydrogens (tertiary/aromatic N) is 3. The molecule has 2 aromatic heterocycles. The van der Waals surface area contributed by atoms with Gasteiger partial charge in [-0.25, -0.2) is 0 Å². The number of aryl methyl sites for hydroxylation is 1. The van der Waals surface area contributed by atoms with Gasteiger partial charge in [-0.15, -0.1) is 0 Å². The molecule has 194 valence electrons. The summed E-state index contributed by atoms with van der Waals surface area (Å²) >= 11 is 0. The van der Waals surface area contributed by atoms with Crippen LogP contribution in [0.1, 0.15) is 123 Å². The quantitative estimate of drug-likeness (QED) is 0.137. The van der Waals surface area contributed by atoms with E-state index in [0.29, 0.717) is 0 Å². The third kappa shape index (κ3) is 12.8. The lowest BCUT2D eigenvalue weighted by Crippen LogP contribution is -2.18. The lowest BCUT2D eigenvalue weighted by atomic mass is 9.93. The third-order valence-corrected chi connectivity index (χ3v) is 8.56. The van der Waals surface area contributed by atoms with E-state index in [-0.39, 0.29) is 0 Å². The van der Waals surface area contributed by atoms with Gasteiger partial charge in [-0.1, -0.05) is 123 Å². The predicted octanol–water partition coefficient (Wildman–Crippen LogP) is 8.60. The van der Waals surface area contributed by atoms with Gasteiger partial charge in [0.2, 0.25) is 0 Å². The molecule has 0 fully saturated rings. The van der Waals surface area contributed by atoms with Crippen molar-refractivity contribution in [1.82, 2.24) is 15.0 Å². The van der Waals surface area contributed by atoms with Crippen LogP contribution >= 0.6 is 0 Å². The van der Waals surface area contributed by atoms with E-state index < -0.39 is 0 Å². The number of hydrogen-bond donors (Lipinski definition) is 0. The average Bonchev–Trinajstić information content (AvgIpc) is 2.87. The van der Waals surface area contributed by atoms with Crippen LogP contribution in [0, 0.1) is 11.8 Å². The first-order chi connectivity index (χ1) is 17.1. The van der Waals surface area contributed by atoms with Crippen LogP contribution in [0.3, 0.4) is 0 Å². The molecular weight excluding hydrogens is 442 g/mol. The molecule has 2 aromatic rings. The van der Waals surface area contributed by atoms with Gasteiger partial charge in [0.05, 0.1) is 27.1 Å². The average molecular weight is 494 g/mol. The minimum Gasteiger partial charge on any atom is -0.257 e. The van der Waals surface area contributed by atoms with Gasteiger partial charge in [-0.05, 0) is 35.9 Å². The SMILES string of the molecule is CCCCCCCc1cnc(-c2ncccc2[Si]CCCC(C)CCCC(C)CCCCC)cn1. The Morgan fingerprint density at radius 2 is 1.40 bits per heavy atom. The Labute approximate surface area is 219 Å². The van der Waals surface area contributed by atoms with Gasteiger partial charge in [-0.3, -0.25) is 15.0 Å². The van der Waals surface area contributed by atoms with E-state index in [9.17, 15) is 0 Å². The molecule has 2 unspecified atom stereocenters. The zero-order chi connectivity index (χ0) is 25.1. The van der Waals surface area contributed by atoms with Crippen LogP contribution < -0.4 is 5.19 Å². The molecule has 0 N–H and O–H groups in total. The molecule has 0 saturated carbocycles. The lowest BCUT2D eigenvalue weighted by molar-refractivity contribution is 0.400. The molecule has 4 heteroatoms. The van der Waals surface area contributed by atoms with Crippen LogP contribution in [0.4, 0.5) is 0 Å². The summed E-state index contributed by atoms with van der Waals surface area (Å²) in [5, 5.41) is 1.34. The van der Waals surface area contributed by atoms with Gasteiger partial charge in [0, 0.05) is 12.4 Å². The van der Waals surface area contributed by atoms with Gasteiger partial charge in [0.1, 0.15) is 5.69 Å². The van der Waals surface area contributed by atoms with E-state index in [1.165, 1.54) is 101 Å². The van der Waals surface area contributed by atoms with Gasteiger partial charge >= 0.3 is 0 Å². The first kappa shape index (κ1) is 29.7. The largest absolute Gasteiger partial charge is 0.257 e. The van der Waals surface area contributed by atoms with E-state index >= 15 is 0 Å². The van der Waals surface area contributed by atoms with Crippen LogP contribution in [-0.2, 0) is 6.42 Å². The van der Waals surface area contributed by atoms with Crippen molar-refractivity contribution >= 4 is 14.7 Å². The summed E-state index contributed by atoms with van der Waals surface area (Å²) in [7, 11) is 0.793. The molecule has 0 amide bonds. The molecule has 0 aliphatic rings. The molecule has 0 bridgehead atoms. The van der Waals surface area contributed by atoms with Crippen molar-refractivity contribution in [1.29, 1.82) is 0 Å². The fourth-order valence-corrected chi connectivity index (χ4v) is 6.01. The van der Waals surface area contributed by atoms with Crippen LogP contribution in [-0.4, -0.2) is 24.5 Å². The predicted molar refractivity (Wildman–Crippen MR) is 153 cm³/mol. The monoisotopic (exact) mass is 493 g/mol. The first-order valence-electron chi connectivity index (χ1n) is 14.6. The molecule has 0 saturated heterocycles. The van der Waals surface area contributed by atoms with E-state index in [1.54, 1.807) is 0 Å². The Morgan fingerprint density at radius 1 is 0.714 bits per heavy atom. The van der Waals surface area contributed by atoms with Crippen molar-refractivity contribution in [2.75, 3.05) is 0 Å². The van der Waals surface area contributed by atoms with Gasteiger partial charge < -0.3 is 0 Å². The van der Waals surface area contributed by atoms with Crippen LogP contribution in [0.2, 0.25) is 6.04 Å². The second-order valence-electron chi connectivity index (χ2n) is 10.7. The van der Waals surface area contributed by atoms with Crippen LogP contribution in [0.15, 0.2) is 30.7 Å². The fraction of sp³-hybridized carbons (Fsp3) is 0.710. The van der Waals surface area contributed by atoms with Gasteiger partial charge in [0.25, 0.3) is 0 Å². The Kier molecular flexibility index (Phi) is 15.8. The van der Waals surface area contributed by atoms with Crippen LogP contribution in [0.25, 0.3) is 11.4 Å². The molecule has 35 heavy (non-hydrogen) atoms. The van der Waals surface area contributed by atoms with Crippen molar-refractivity contribution < 1.29 is 0 Å². The molecule has 0 aliphatic heterocycles. The summed E-state index contributed by atoms with van der Waals surface area (Å²) in [6.07, 6.45) is 25.7. The normalized spacial score (nSPS) is 13.1. The standard InChI is InChI=1S/C31H51N3Si/c1-5-7-9-10-12-20-28-24-34-29(25-33-28)31-30(21-14-22-32-31)35-23-15-19-27(4)18-13-17-26(3)16-11-8-6-2/h14,21-22,24-27H,5-13,15-20,23H2,1-4H3. The van der Waals surface area contributed by atoms with Gasteiger partial charge in [-0.2, -0.15) is 0 Å².